The zero-order valence-corrected chi connectivity index (χ0v) is 17.6. The van der Waals surface area contributed by atoms with Crippen molar-refractivity contribution in [1.82, 2.24) is 4.98 Å². The first kappa shape index (κ1) is 21.0. The van der Waals surface area contributed by atoms with E-state index < -0.39 is 0 Å². The van der Waals surface area contributed by atoms with E-state index in [0.29, 0.717) is 35.2 Å². The van der Waals surface area contributed by atoms with E-state index in [9.17, 15) is 9.59 Å². The number of thiazole rings is 1. The number of carbonyl (C=O) groups excluding carboxylic acids is 2. The normalized spacial score (nSPS) is 10.6. The maximum absolute atomic E-state index is 12.1. The molecule has 3 rings (SSSR count). The van der Waals surface area contributed by atoms with Gasteiger partial charge in [0, 0.05) is 28.9 Å². The molecule has 0 radical (unpaired) electrons. The molecule has 5 nitrogen and oxygen atoms in total. The van der Waals surface area contributed by atoms with Gasteiger partial charge in [0.2, 0.25) is 0 Å². The number of hydrogen-bond donors (Lipinski definition) is 1. The van der Waals surface area contributed by atoms with Gasteiger partial charge in [0.25, 0.3) is 5.91 Å². The smallest absolute Gasteiger partial charge is 0.264 e. The van der Waals surface area contributed by atoms with Crippen LogP contribution < -0.4 is 10.1 Å². The van der Waals surface area contributed by atoms with Crippen molar-refractivity contribution in [2.75, 3.05) is 11.9 Å². The zero-order valence-electron chi connectivity index (χ0n) is 16.0. The number of benzene rings is 2. The van der Waals surface area contributed by atoms with Crippen LogP contribution in [0, 0.1) is 0 Å². The largest absolute Gasteiger partial charge is 0.484 e. The summed E-state index contributed by atoms with van der Waals surface area (Å²) in [7, 11) is 0. The third-order valence-electron chi connectivity index (χ3n) is 4.13. The summed E-state index contributed by atoms with van der Waals surface area (Å²) in [5.41, 5.74) is 2.15. The van der Waals surface area contributed by atoms with Crippen LogP contribution in [0.4, 0.5) is 5.13 Å². The van der Waals surface area contributed by atoms with Gasteiger partial charge < -0.3 is 9.53 Å². The lowest BCUT2D eigenvalue weighted by Crippen LogP contribution is -2.19. The second-order valence-electron chi connectivity index (χ2n) is 6.62. The number of aromatic nitrogens is 1. The standard InChI is InChI=1S/C22H21ClN2O3S/c1-15(26)5-6-16-7-9-19(10-8-16)28-14-21(27)25-22-24-13-20(29-22)12-17-3-2-4-18(23)11-17/h2-4,7-11,13H,5-6,12,14H2,1H3,(H,24,25,27). The van der Waals surface area contributed by atoms with Gasteiger partial charge in [-0.05, 0) is 48.7 Å². The number of aryl methyl sites for hydroxylation is 1. The van der Waals surface area contributed by atoms with Crippen LogP contribution in [0.15, 0.2) is 54.7 Å². The predicted molar refractivity (Wildman–Crippen MR) is 116 cm³/mol. The molecule has 3 aromatic rings. The summed E-state index contributed by atoms with van der Waals surface area (Å²) >= 11 is 7.43. The molecule has 0 fully saturated rings. The highest BCUT2D eigenvalue weighted by atomic mass is 35.5. The van der Waals surface area contributed by atoms with Crippen LogP contribution >= 0.6 is 22.9 Å². The number of hydrogen-bond acceptors (Lipinski definition) is 5. The van der Waals surface area contributed by atoms with Gasteiger partial charge in [-0.2, -0.15) is 0 Å². The molecule has 1 heterocycles. The Labute approximate surface area is 178 Å². The van der Waals surface area contributed by atoms with Crippen molar-refractivity contribution in [2.24, 2.45) is 0 Å². The van der Waals surface area contributed by atoms with Crippen molar-refractivity contribution in [3.8, 4) is 5.75 Å². The molecule has 0 aliphatic carbocycles. The minimum Gasteiger partial charge on any atom is -0.484 e. The van der Waals surface area contributed by atoms with Gasteiger partial charge in [-0.3, -0.25) is 10.1 Å². The second kappa shape index (κ2) is 10.2. The molecule has 1 aromatic heterocycles. The second-order valence-corrected chi connectivity index (χ2v) is 8.17. The highest BCUT2D eigenvalue weighted by Gasteiger charge is 2.09. The molecule has 29 heavy (non-hydrogen) atoms. The van der Waals surface area contributed by atoms with Gasteiger partial charge in [-0.1, -0.05) is 35.9 Å². The Bertz CT molecular complexity index is 986. The zero-order chi connectivity index (χ0) is 20.6. The topological polar surface area (TPSA) is 68.3 Å². The highest BCUT2D eigenvalue weighted by molar-refractivity contribution is 7.15. The van der Waals surface area contributed by atoms with E-state index in [-0.39, 0.29) is 18.3 Å². The summed E-state index contributed by atoms with van der Waals surface area (Å²) in [6, 6.07) is 15.1. The molecule has 1 amide bonds. The summed E-state index contributed by atoms with van der Waals surface area (Å²) in [5, 5.41) is 3.99. The Kier molecular flexibility index (Phi) is 7.38. The summed E-state index contributed by atoms with van der Waals surface area (Å²) in [6.45, 7) is 1.48. The molecule has 0 atom stereocenters. The third kappa shape index (κ3) is 7.00. The molecule has 0 saturated carbocycles. The Hall–Kier alpha value is -2.70. The van der Waals surface area contributed by atoms with E-state index in [2.05, 4.69) is 10.3 Å². The minimum atomic E-state index is -0.269. The van der Waals surface area contributed by atoms with Gasteiger partial charge in [-0.15, -0.1) is 11.3 Å². The van der Waals surface area contributed by atoms with Crippen LogP contribution in [0.2, 0.25) is 5.02 Å². The van der Waals surface area contributed by atoms with E-state index in [4.69, 9.17) is 16.3 Å². The van der Waals surface area contributed by atoms with Crippen LogP contribution in [0.25, 0.3) is 0 Å². The van der Waals surface area contributed by atoms with Crippen LogP contribution in [0.5, 0.6) is 5.75 Å². The number of anilines is 1. The lowest BCUT2D eigenvalue weighted by atomic mass is 10.1. The van der Waals surface area contributed by atoms with E-state index in [0.717, 1.165) is 16.0 Å². The number of nitrogens with zero attached hydrogens (tertiary/aromatic N) is 1. The SMILES string of the molecule is CC(=O)CCc1ccc(OCC(=O)Nc2ncc(Cc3cccc(Cl)c3)s2)cc1. The number of nitrogens with one attached hydrogen (secondary N) is 1. The lowest BCUT2D eigenvalue weighted by Gasteiger charge is -2.07. The van der Waals surface area contributed by atoms with Crippen molar-refractivity contribution in [3.63, 3.8) is 0 Å². The Morgan fingerprint density at radius 1 is 1.14 bits per heavy atom. The number of carbonyl (C=O) groups is 2. The van der Waals surface area contributed by atoms with Gasteiger partial charge in [0.05, 0.1) is 0 Å². The molecule has 0 unspecified atom stereocenters. The molecular formula is C22H21ClN2O3S. The van der Waals surface area contributed by atoms with Crippen molar-refractivity contribution >= 4 is 39.8 Å². The van der Waals surface area contributed by atoms with Gasteiger partial charge in [-0.25, -0.2) is 4.98 Å². The Morgan fingerprint density at radius 3 is 2.66 bits per heavy atom. The van der Waals surface area contributed by atoms with Crippen LogP contribution in [-0.2, 0) is 22.4 Å². The number of ketones is 1. The molecule has 0 saturated heterocycles. The monoisotopic (exact) mass is 428 g/mol. The number of rotatable bonds is 9. The van der Waals surface area contributed by atoms with Crippen molar-refractivity contribution in [1.29, 1.82) is 0 Å². The molecule has 2 aromatic carbocycles. The molecule has 0 aliphatic heterocycles. The summed E-state index contributed by atoms with van der Waals surface area (Å²) < 4.78 is 5.52. The summed E-state index contributed by atoms with van der Waals surface area (Å²) in [6.07, 6.45) is 3.69. The third-order valence-corrected chi connectivity index (χ3v) is 5.27. The average Bonchev–Trinajstić information content (AvgIpc) is 3.12. The van der Waals surface area contributed by atoms with E-state index >= 15 is 0 Å². The van der Waals surface area contributed by atoms with E-state index in [1.807, 2.05) is 36.4 Å². The minimum absolute atomic E-state index is 0.101. The van der Waals surface area contributed by atoms with Crippen molar-refractivity contribution in [2.45, 2.75) is 26.2 Å². The van der Waals surface area contributed by atoms with Gasteiger partial charge in [0.1, 0.15) is 11.5 Å². The number of halogens is 1. The molecule has 7 heteroatoms. The maximum atomic E-state index is 12.1. The first-order valence-corrected chi connectivity index (χ1v) is 10.4. The summed E-state index contributed by atoms with van der Waals surface area (Å²) in [4.78, 5) is 28.4. The predicted octanol–water partition coefficient (Wildman–Crippen LogP) is 4.93. The van der Waals surface area contributed by atoms with E-state index in [1.165, 1.54) is 11.3 Å². The number of Topliss-reactive ketones (excluding diaryl/α,β-unsaturated/α-hetero) is 1. The molecule has 0 aliphatic rings. The fraction of sp³-hybridized carbons (Fsp3) is 0.227. The Morgan fingerprint density at radius 2 is 1.93 bits per heavy atom. The first-order chi connectivity index (χ1) is 14.0. The van der Waals surface area contributed by atoms with Crippen LogP contribution in [0.3, 0.4) is 0 Å². The highest BCUT2D eigenvalue weighted by Crippen LogP contribution is 2.22. The fourth-order valence-corrected chi connectivity index (χ4v) is 3.75. The number of ether oxygens (including phenoxy) is 1. The summed E-state index contributed by atoms with van der Waals surface area (Å²) in [5.74, 6) is 0.502. The van der Waals surface area contributed by atoms with Crippen molar-refractivity contribution in [3.05, 3.63) is 75.8 Å². The molecule has 0 bridgehead atoms. The molecular weight excluding hydrogens is 408 g/mol. The first-order valence-electron chi connectivity index (χ1n) is 9.18. The lowest BCUT2D eigenvalue weighted by molar-refractivity contribution is -0.118. The molecule has 150 valence electrons. The molecule has 1 N–H and O–H groups in total. The maximum Gasteiger partial charge on any atom is 0.264 e. The van der Waals surface area contributed by atoms with Crippen LogP contribution in [0.1, 0.15) is 29.3 Å². The average molecular weight is 429 g/mol. The van der Waals surface area contributed by atoms with E-state index in [1.54, 1.807) is 25.3 Å². The van der Waals surface area contributed by atoms with Gasteiger partial charge >= 0.3 is 0 Å². The van der Waals surface area contributed by atoms with Crippen molar-refractivity contribution < 1.29 is 14.3 Å². The fourth-order valence-electron chi connectivity index (χ4n) is 2.67. The quantitative estimate of drug-likeness (QED) is 0.524. The van der Waals surface area contributed by atoms with Crippen LogP contribution in [-0.4, -0.2) is 23.3 Å². The number of amides is 1. The Balaban J connectivity index is 1.46. The molecule has 0 spiro atoms. The van der Waals surface area contributed by atoms with Gasteiger partial charge in [0.15, 0.2) is 11.7 Å².